The largest absolute Gasteiger partial charge is 0.376 e. The van der Waals surface area contributed by atoms with Gasteiger partial charge in [-0.15, -0.1) is 5.10 Å². The molecule has 2 saturated heterocycles. The molecule has 1 aromatic heterocycles. The number of tetrazole rings is 1. The summed E-state index contributed by atoms with van der Waals surface area (Å²) in [5.74, 6) is 1.74. The first kappa shape index (κ1) is 16.7. The molecular weight excluding hydrogens is 314 g/mol. The second-order valence-electron chi connectivity index (χ2n) is 6.81. The van der Waals surface area contributed by atoms with Gasteiger partial charge in [0.05, 0.1) is 18.4 Å². The molecule has 3 unspecified atom stereocenters. The predicted molar refractivity (Wildman–Crippen MR) is 87.0 cm³/mol. The summed E-state index contributed by atoms with van der Waals surface area (Å²) < 4.78 is 7.38. The van der Waals surface area contributed by atoms with E-state index in [1.54, 1.807) is 4.68 Å². The summed E-state index contributed by atoms with van der Waals surface area (Å²) in [6.07, 6.45) is 3.54. The molecule has 0 saturated carbocycles. The minimum Gasteiger partial charge on any atom is -0.376 e. The number of amides is 1. The Morgan fingerprint density at radius 3 is 2.83 bits per heavy atom. The molecule has 128 valence electrons. The summed E-state index contributed by atoms with van der Waals surface area (Å²) in [5, 5.41) is 12.5. The Kier molecular flexibility index (Phi) is 5.53. The second kappa shape index (κ2) is 7.61. The van der Waals surface area contributed by atoms with E-state index in [9.17, 15) is 4.79 Å². The standard InChI is InChI=1S/C15H25N5O2S/c1-11-6-12(2)8-19(7-11)14(21)10-23-15-16-17-18-20(15)9-13-4-3-5-22-13/h11-13H,3-10H2,1-2H3. The van der Waals surface area contributed by atoms with Crippen molar-refractivity contribution in [2.45, 2.75) is 50.9 Å². The van der Waals surface area contributed by atoms with Gasteiger partial charge in [0.1, 0.15) is 0 Å². The first-order chi connectivity index (χ1) is 11.1. The summed E-state index contributed by atoms with van der Waals surface area (Å²) in [5.41, 5.74) is 0. The Morgan fingerprint density at radius 2 is 2.13 bits per heavy atom. The molecule has 23 heavy (non-hydrogen) atoms. The van der Waals surface area contributed by atoms with Crippen LogP contribution in [-0.4, -0.2) is 62.6 Å². The van der Waals surface area contributed by atoms with Gasteiger partial charge in [-0.25, -0.2) is 4.68 Å². The van der Waals surface area contributed by atoms with Crippen molar-refractivity contribution >= 4 is 17.7 Å². The molecule has 0 N–H and O–H groups in total. The molecule has 3 heterocycles. The molecule has 8 heteroatoms. The zero-order valence-electron chi connectivity index (χ0n) is 13.8. The Hall–Kier alpha value is -1.15. The van der Waals surface area contributed by atoms with Gasteiger partial charge in [-0.05, 0) is 41.5 Å². The van der Waals surface area contributed by atoms with Crippen LogP contribution in [0.15, 0.2) is 5.16 Å². The van der Waals surface area contributed by atoms with Gasteiger partial charge in [-0.1, -0.05) is 25.6 Å². The summed E-state index contributed by atoms with van der Waals surface area (Å²) in [7, 11) is 0. The lowest BCUT2D eigenvalue weighted by molar-refractivity contribution is -0.130. The number of thioether (sulfide) groups is 1. The number of ether oxygens (including phenoxy) is 1. The van der Waals surface area contributed by atoms with E-state index in [1.165, 1.54) is 18.2 Å². The van der Waals surface area contributed by atoms with Crippen LogP contribution < -0.4 is 0 Å². The lowest BCUT2D eigenvalue weighted by Gasteiger charge is -2.34. The maximum Gasteiger partial charge on any atom is 0.233 e. The van der Waals surface area contributed by atoms with Crippen LogP contribution >= 0.6 is 11.8 Å². The molecule has 0 aromatic carbocycles. The number of piperidine rings is 1. The number of hydrogen-bond acceptors (Lipinski definition) is 6. The minimum atomic E-state index is 0.181. The third-order valence-electron chi connectivity index (χ3n) is 4.45. The van der Waals surface area contributed by atoms with E-state index in [4.69, 9.17) is 4.74 Å². The van der Waals surface area contributed by atoms with Crippen molar-refractivity contribution < 1.29 is 9.53 Å². The first-order valence-corrected chi connectivity index (χ1v) is 9.38. The first-order valence-electron chi connectivity index (χ1n) is 8.40. The number of aromatic nitrogens is 4. The molecule has 0 spiro atoms. The molecule has 2 aliphatic rings. The molecular formula is C15H25N5O2S. The van der Waals surface area contributed by atoms with Gasteiger partial charge in [-0.3, -0.25) is 4.79 Å². The molecule has 2 fully saturated rings. The summed E-state index contributed by atoms with van der Waals surface area (Å²) in [6, 6.07) is 0. The smallest absolute Gasteiger partial charge is 0.233 e. The van der Waals surface area contributed by atoms with Crippen LogP contribution in [0.25, 0.3) is 0 Å². The van der Waals surface area contributed by atoms with Crippen LogP contribution in [0.1, 0.15) is 33.1 Å². The molecule has 0 bridgehead atoms. The highest BCUT2D eigenvalue weighted by atomic mass is 32.2. The Balaban J connectivity index is 1.52. The van der Waals surface area contributed by atoms with E-state index in [1.807, 2.05) is 4.90 Å². The zero-order valence-corrected chi connectivity index (χ0v) is 14.7. The van der Waals surface area contributed by atoms with Gasteiger partial charge in [-0.2, -0.15) is 0 Å². The van der Waals surface area contributed by atoms with Gasteiger partial charge in [0.2, 0.25) is 11.1 Å². The lowest BCUT2D eigenvalue weighted by Crippen LogP contribution is -2.43. The average Bonchev–Trinajstić information content (AvgIpc) is 3.16. The lowest BCUT2D eigenvalue weighted by atomic mass is 9.92. The van der Waals surface area contributed by atoms with Gasteiger partial charge >= 0.3 is 0 Å². The predicted octanol–water partition coefficient (Wildman–Crippen LogP) is 1.45. The second-order valence-corrected chi connectivity index (χ2v) is 7.75. The molecule has 0 radical (unpaired) electrons. The minimum absolute atomic E-state index is 0.181. The monoisotopic (exact) mass is 339 g/mol. The van der Waals surface area contributed by atoms with Gasteiger partial charge < -0.3 is 9.64 Å². The fourth-order valence-corrected chi connectivity index (χ4v) is 4.27. The van der Waals surface area contributed by atoms with E-state index in [0.29, 0.717) is 29.3 Å². The van der Waals surface area contributed by atoms with Crippen molar-refractivity contribution in [2.24, 2.45) is 11.8 Å². The molecule has 2 aliphatic heterocycles. The van der Waals surface area contributed by atoms with Crippen molar-refractivity contribution in [1.29, 1.82) is 0 Å². The van der Waals surface area contributed by atoms with Crippen molar-refractivity contribution in [3.8, 4) is 0 Å². The quantitative estimate of drug-likeness (QED) is 0.756. The number of rotatable bonds is 5. The van der Waals surface area contributed by atoms with E-state index in [2.05, 4.69) is 29.4 Å². The highest BCUT2D eigenvalue weighted by Crippen LogP contribution is 2.23. The highest BCUT2D eigenvalue weighted by Gasteiger charge is 2.26. The Bertz CT molecular complexity index is 522. The number of likely N-dealkylation sites (tertiary alicyclic amines) is 1. The van der Waals surface area contributed by atoms with Crippen molar-refractivity contribution in [1.82, 2.24) is 25.1 Å². The summed E-state index contributed by atoms with van der Waals surface area (Å²) in [4.78, 5) is 14.4. The van der Waals surface area contributed by atoms with Crippen molar-refractivity contribution in [3.05, 3.63) is 0 Å². The molecule has 1 aromatic rings. The van der Waals surface area contributed by atoms with Crippen LogP contribution in [0, 0.1) is 11.8 Å². The van der Waals surface area contributed by atoms with Crippen LogP contribution in [0.5, 0.6) is 0 Å². The fraction of sp³-hybridized carbons (Fsp3) is 0.867. The van der Waals surface area contributed by atoms with E-state index >= 15 is 0 Å². The van der Waals surface area contributed by atoms with Gasteiger partial charge in [0.15, 0.2) is 0 Å². The third-order valence-corrected chi connectivity index (χ3v) is 5.39. The van der Waals surface area contributed by atoms with Gasteiger partial charge in [0.25, 0.3) is 0 Å². The summed E-state index contributed by atoms with van der Waals surface area (Å²) in [6.45, 7) is 7.64. The summed E-state index contributed by atoms with van der Waals surface area (Å²) >= 11 is 1.42. The van der Waals surface area contributed by atoms with E-state index in [0.717, 1.165) is 32.5 Å². The van der Waals surface area contributed by atoms with Crippen molar-refractivity contribution in [3.63, 3.8) is 0 Å². The number of hydrogen-bond donors (Lipinski definition) is 0. The Morgan fingerprint density at radius 1 is 1.35 bits per heavy atom. The molecule has 3 atom stereocenters. The van der Waals surface area contributed by atoms with Crippen LogP contribution in [-0.2, 0) is 16.1 Å². The van der Waals surface area contributed by atoms with Crippen molar-refractivity contribution in [2.75, 3.05) is 25.4 Å². The van der Waals surface area contributed by atoms with Crippen LogP contribution in [0.3, 0.4) is 0 Å². The van der Waals surface area contributed by atoms with Gasteiger partial charge in [0, 0.05) is 19.7 Å². The van der Waals surface area contributed by atoms with Crippen LogP contribution in [0.4, 0.5) is 0 Å². The average molecular weight is 339 g/mol. The maximum absolute atomic E-state index is 12.4. The fourth-order valence-electron chi connectivity index (χ4n) is 3.48. The highest BCUT2D eigenvalue weighted by molar-refractivity contribution is 7.99. The third kappa shape index (κ3) is 4.44. The molecule has 0 aliphatic carbocycles. The normalized spacial score (nSPS) is 28.3. The molecule has 1 amide bonds. The maximum atomic E-state index is 12.4. The molecule has 7 nitrogen and oxygen atoms in total. The molecule has 3 rings (SSSR count). The zero-order chi connectivity index (χ0) is 16.2. The van der Waals surface area contributed by atoms with E-state index < -0.39 is 0 Å². The number of carbonyl (C=O) groups is 1. The number of nitrogens with zero attached hydrogens (tertiary/aromatic N) is 5. The topological polar surface area (TPSA) is 73.1 Å². The van der Waals surface area contributed by atoms with E-state index in [-0.39, 0.29) is 12.0 Å². The van der Waals surface area contributed by atoms with Crippen LogP contribution in [0.2, 0.25) is 0 Å². The number of carbonyl (C=O) groups excluding carboxylic acids is 1. The SMILES string of the molecule is CC1CC(C)CN(C(=O)CSc2nnnn2CC2CCCO2)C1. The Labute approximate surface area is 141 Å².